The molecular weight excluding hydrogens is 168 g/mol. The van der Waals surface area contributed by atoms with Crippen LogP contribution in [0, 0.1) is 11.8 Å². The van der Waals surface area contributed by atoms with Crippen LogP contribution >= 0.6 is 11.3 Å². The number of hydrogen-bond acceptors (Lipinski definition) is 2. The third-order valence-electron chi connectivity index (χ3n) is 2.54. The average molecular weight is 180 g/mol. The number of hydrogen-bond donors (Lipinski definition) is 0. The first-order chi connectivity index (χ1) is 5.79. The third kappa shape index (κ3) is 1.58. The summed E-state index contributed by atoms with van der Waals surface area (Å²) in [5.74, 6) is 1.80. The van der Waals surface area contributed by atoms with E-state index in [1.165, 1.54) is 17.7 Å². The molecule has 0 radical (unpaired) electrons. The smallest absolute Gasteiger partial charge is 0.160 e. The van der Waals surface area contributed by atoms with E-state index in [0.29, 0.717) is 0 Å². The molecule has 1 heterocycles. The molecule has 0 bridgehead atoms. The van der Waals surface area contributed by atoms with Crippen molar-refractivity contribution in [3.8, 4) is 0 Å². The maximum absolute atomic E-state index is 10.4. The number of aldehydes is 1. The lowest BCUT2D eigenvalue weighted by Gasteiger charge is -1.91. The summed E-state index contributed by atoms with van der Waals surface area (Å²) in [5, 5.41) is 0. The van der Waals surface area contributed by atoms with E-state index in [4.69, 9.17) is 0 Å². The largest absolute Gasteiger partial charge is 0.297 e. The van der Waals surface area contributed by atoms with Crippen LogP contribution in [0.15, 0.2) is 12.1 Å². The molecule has 0 spiro atoms. The lowest BCUT2D eigenvalue weighted by Crippen LogP contribution is -1.82. The van der Waals surface area contributed by atoms with E-state index in [1.54, 1.807) is 11.3 Å². The Morgan fingerprint density at radius 3 is 2.92 bits per heavy atom. The van der Waals surface area contributed by atoms with Gasteiger partial charge in [-0.3, -0.25) is 4.79 Å². The molecule has 0 aromatic carbocycles. The molecule has 1 nitrogen and oxygen atoms in total. The minimum absolute atomic E-state index is 0.860. The summed E-state index contributed by atoms with van der Waals surface area (Å²) in [6.45, 7) is 2.29. The second-order valence-corrected chi connectivity index (χ2v) is 4.80. The fourth-order valence-corrected chi connectivity index (χ4v) is 2.43. The molecule has 1 aliphatic carbocycles. The molecule has 64 valence electrons. The number of rotatable bonds is 3. The van der Waals surface area contributed by atoms with Gasteiger partial charge >= 0.3 is 0 Å². The van der Waals surface area contributed by atoms with E-state index in [9.17, 15) is 4.79 Å². The van der Waals surface area contributed by atoms with Gasteiger partial charge in [0.25, 0.3) is 0 Å². The zero-order valence-corrected chi connectivity index (χ0v) is 7.93. The Balaban J connectivity index is 1.99. The molecule has 1 saturated carbocycles. The molecule has 1 aromatic rings. The van der Waals surface area contributed by atoms with Gasteiger partial charge in [0.05, 0.1) is 4.88 Å². The van der Waals surface area contributed by atoms with Crippen LogP contribution in [0.1, 0.15) is 27.9 Å². The van der Waals surface area contributed by atoms with Crippen LogP contribution in [0.4, 0.5) is 0 Å². The fraction of sp³-hybridized carbons (Fsp3) is 0.500. The van der Waals surface area contributed by atoms with Crippen LogP contribution in [0.5, 0.6) is 0 Å². The minimum Gasteiger partial charge on any atom is -0.297 e. The first kappa shape index (κ1) is 7.99. The number of thiophene rings is 1. The molecule has 0 N–H and O–H groups in total. The van der Waals surface area contributed by atoms with Crippen LogP contribution in [-0.2, 0) is 6.42 Å². The second kappa shape index (κ2) is 3.02. The molecule has 0 amide bonds. The lowest BCUT2D eigenvalue weighted by molar-refractivity contribution is 0.112. The maximum Gasteiger partial charge on any atom is 0.160 e. The van der Waals surface area contributed by atoms with Gasteiger partial charge in [-0.25, -0.2) is 0 Å². The van der Waals surface area contributed by atoms with Crippen molar-refractivity contribution >= 4 is 17.6 Å². The first-order valence-corrected chi connectivity index (χ1v) is 5.15. The Labute approximate surface area is 76.4 Å². The minimum atomic E-state index is 0.860. The highest BCUT2D eigenvalue weighted by Crippen LogP contribution is 2.41. The van der Waals surface area contributed by atoms with Gasteiger partial charge in [-0.2, -0.15) is 0 Å². The summed E-state index contributed by atoms with van der Waals surface area (Å²) in [6, 6.07) is 4.00. The predicted molar refractivity (Wildman–Crippen MR) is 50.7 cm³/mol. The molecule has 2 heteroatoms. The SMILES string of the molecule is CC1CC1Cc1ccc(C=O)s1. The Morgan fingerprint density at radius 2 is 2.42 bits per heavy atom. The van der Waals surface area contributed by atoms with Gasteiger partial charge in [0, 0.05) is 4.88 Å². The topological polar surface area (TPSA) is 17.1 Å². The number of carbonyl (C=O) groups is 1. The van der Waals surface area contributed by atoms with Crippen molar-refractivity contribution in [2.24, 2.45) is 11.8 Å². The van der Waals surface area contributed by atoms with E-state index in [1.807, 2.05) is 6.07 Å². The van der Waals surface area contributed by atoms with Crippen LogP contribution in [0.3, 0.4) is 0 Å². The van der Waals surface area contributed by atoms with Crippen molar-refractivity contribution in [3.63, 3.8) is 0 Å². The van der Waals surface area contributed by atoms with Gasteiger partial charge < -0.3 is 0 Å². The van der Waals surface area contributed by atoms with Crippen molar-refractivity contribution < 1.29 is 4.79 Å². The van der Waals surface area contributed by atoms with Crippen molar-refractivity contribution in [1.82, 2.24) is 0 Å². The van der Waals surface area contributed by atoms with Gasteiger partial charge in [0.1, 0.15) is 0 Å². The number of carbonyl (C=O) groups excluding carboxylic acids is 1. The van der Waals surface area contributed by atoms with E-state index in [-0.39, 0.29) is 0 Å². The summed E-state index contributed by atoms with van der Waals surface area (Å²) in [7, 11) is 0. The molecule has 2 unspecified atom stereocenters. The van der Waals surface area contributed by atoms with Crippen molar-refractivity contribution in [2.75, 3.05) is 0 Å². The second-order valence-electron chi connectivity index (χ2n) is 3.60. The molecule has 1 aromatic heterocycles. The fourth-order valence-electron chi connectivity index (χ4n) is 1.51. The third-order valence-corrected chi connectivity index (χ3v) is 3.57. The average Bonchev–Trinajstić information content (AvgIpc) is 2.61. The highest BCUT2D eigenvalue weighted by atomic mass is 32.1. The predicted octanol–water partition coefficient (Wildman–Crippen LogP) is 2.76. The lowest BCUT2D eigenvalue weighted by atomic mass is 10.2. The first-order valence-electron chi connectivity index (χ1n) is 4.33. The van der Waals surface area contributed by atoms with Crippen molar-refractivity contribution in [3.05, 3.63) is 21.9 Å². The Hall–Kier alpha value is -0.630. The van der Waals surface area contributed by atoms with E-state index < -0.39 is 0 Å². The summed E-state index contributed by atoms with van der Waals surface area (Å²) in [6.07, 6.45) is 3.48. The van der Waals surface area contributed by atoms with Crippen LogP contribution in [0.2, 0.25) is 0 Å². The van der Waals surface area contributed by atoms with Gasteiger partial charge in [-0.05, 0) is 36.8 Å². The van der Waals surface area contributed by atoms with E-state index >= 15 is 0 Å². The molecule has 1 aliphatic rings. The molecule has 0 aliphatic heterocycles. The van der Waals surface area contributed by atoms with Gasteiger partial charge in [0.15, 0.2) is 6.29 Å². The van der Waals surface area contributed by atoms with Gasteiger partial charge in [-0.1, -0.05) is 6.92 Å². The Bertz CT molecular complexity index is 290. The molecule has 2 atom stereocenters. The maximum atomic E-state index is 10.4. The van der Waals surface area contributed by atoms with Crippen LogP contribution < -0.4 is 0 Å². The highest BCUT2D eigenvalue weighted by Gasteiger charge is 2.32. The normalized spacial score (nSPS) is 27.1. The highest BCUT2D eigenvalue weighted by molar-refractivity contribution is 7.13. The van der Waals surface area contributed by atoms with Crippen LogP contribution in [-0.4, -0.2) is 6.29 Å². The standard InChI is InChI=1S/C10H12OS/c1-7-4-8(7)5-9-2-3-10(6-11)12-9/h2-3,6-8H,4-5H2,1H3. The Kier molecular flexibility index (Phi) is 2.01. The zero-order valence-electron chi connectivity index (χ0n) is 7.12. The summed E-state index contributed by atoms with van der Waals surface area (Å²) >= 11 is 1.64. The zero-order chi connectivity index (χ0) is 8.55. The summed E-state index contributed by atoms with van der Waals surface area (Å²) in [5.41, 5.74) is 0. The molecule has 2 rings (SSSR count). The monoisotopic (exact) mass is 180 g/mol. The Morgan fingerprint density at radius 1 is 1.67 bits per heavy atom. The molecule has 0 saturated heterocycles. The van der Waals surface area contributed by atoms with Crippen molar-refractivity contribution in [1.29, 1.82) is 0 Å². The van der Waals surface area contributed by atoms with Crippen molar-refractivity contribution in [2.45, 2.75) is 19.8 Å². The van der Waals surface area contributed by atoms with Crippen LogP contribution in [0.25, 0.3) is 0 Å². The molecule has 12 heavy (non-hydrogen) atoms. The molecule has 1 fully saturated rings. The van der Waals surface area contributed by atoms with E-state index in [0.717, 1.165) is 23.0 Å². The van der Waals surface area contributed by atoms with E-state index in [2.05, 4.69) is 13.0 Å². The summed E-state index contributed by atoms with van der Waals surface area (Å²) < 4.78 is 0. The van der Waals surface area contributed by atoms with Gasteiger partial charge in [-0.15, -0.1) is 11.3 Å². The quantitative estimate of drug-likeness (QED) is 0.654. The van der Waals surface area contributed by atoms with Gasteiger partial charge in [0.2, 0.25) is 0 Å². The summed E-state index contributed by atoms with van der Waals surface area (Å²) in [4.78, 5) is 12.6. The molecular formula is C10H12OS.